The molecular formula is C12H23NO4. The van der Waals surface area contributed by atoms with Gasteiger partial charge in [0.2, 0.25) is 0 Å². The third kappa shape index (κ3) is 11.0. The second kappa shape index (κ2) is 7.14. The first-order valence-electron chi connectivity index (χ1n) is 5.83. The lowest BCUT2D eigenvalue weighted by Gasteiger charge is -2.19. The van der Waals surface area contributed by atoms with Crippen LogP contribution in [0.15, 0.2) is 0 Å². The number of carbonyl (C=O) groups is 2. The van der Waals surface area contributed by atoms with E-state index in [1.54, 1.807) is 20.8 Å². The van der Waals surface area contributed by atoms with Crippen molar-refractivity contribution in [2.24, 2.45) is 5.92 Å². The molecule has 0 saturated heterocycles. The van der Waals surface area contributed by atoms with Gasteiger partial charge < -0.3 is 14.8 Å². The van der Waals surface area contributed by atoms with Gasteiger partial charge in [-0.2, -0.15) is 0 Å². The molecule has 0 aliphatic carbocycles. The van der Waals surface area contributed by atoms with Crippen LogP contribution in [0.25, 0.3) is 0 Å². The molecule has 0 aliphatic rings. The summed E-state index contributed by atoms with van der Waals surface area (Å²) in [5, 5.41) is 2.50. The van der Waals surface area contributed by atoms with Gasteiger partial charge in [0.05, 0.1) is 13.0 Å². The maximum atomic E-state index is 11.2. The first-order chi connectivity index (χ1) is 7.70. The Kier molecular flexibility index (Phi) is 6.61. The normalized spacial score (nSPS) is 11.2. The number of rotatable bonds is 5. The van der Waals surface area contributed by atoms with Gasteiger partial charge in [0, 0.05) is 6.54 Å². The van der Waals surface area contributed by atoms with Crippen LogP contribution in [0.5, 0.6) is 0 Å². The van der Waals surface area contributed by atoms with Gasteiger partial charge in [-0.3, -0.25) is 4.79 Å². The minimum Gasteiger partial charge on any atom is -0.465 e. The van der Waals surface area contributed by atoms with Crippen molar-refractivity contribution >= 4 is 12.1 Å². The van der Waals surface area contributed by atoms with Gasteiger partial charge in [0.15, 0.2) is 0 Å². The van der Waals surface area contributed by atoms with E-state index in [0.29, 0.717) is 12.5 Å². The minimum absolute atomic E-state index is 0.159. The first-order valence-corrected chi connectivity index (χ1v) is 5.83. The summed E-state index contributed by atoms with van der Waals surface area (Å²) in [4.78, 5) is 22.4. The highest BCUT2D eigenvalue weighted by atomic mass is 16.6. The fourth-order valence-electron chi connectivity index (χ4n) is 0.913. The molecule has 1 N–H and O–H groups in total. The molecule has 0 bridgehead atoms. The highest BCUT2D eigenvalue weighted by molar-refractivity contribution is 5.71. The molecule has 1 amide bonds. The molecule has 0 aromatic rings. The fourth-order valence-corrected chi connectivity index (χ4v) is 0.913. The van der Waals surface area contributed by atoms with Gasteiger partial charge in [-0.25, -0.2) is 4.79 Å². The van der Waals surface area contributed by atoms with Gasteiger partial charge in [-0.15, -0.1) is 0 Å². The molecule has 5 nitrogen and oxygen atoms in total. The van der Waals surface area contributed by atoms with E-state index in [1.807, 2.05) is 13.8 Å². The van der Waals surface area contributed by atoms with E-state index in [1.165, 1.54) is 0 Å². The molecule has 0 rings (SSSR count). The van der Waals surface area contributed by atoms with Crippen LogP contribution in [-0.4, -0.2) is 30.8 Å². The van der Waals surface area contributed by atoms with Crippen molar-refractivity contribution in [3.63, 3.8) is 0 Å². The molecule has 0 heterocycles. The molecule has 0 unspecified atom stereocenters. The Morgan fingerprint density at radius 2 is 1.82 bits per heavy atom. The fraction of sp³-hybridized carbons (Fsp3) is 0.833. The van der Waals surface area contributed by atoms with Crippen molar-refractivity contribution in [3.8, 4) is 0 Å². The second-order valence-electron chi connectivity index (χ2n) is 5.26. The Bertz CT molecular complexity index is 256. The summed E-state index contributed by atoms with van der Waals surface area (Å²) >= 11 is 0. The lowest BCUT2D eigenvalue weighted by Crippen LogP contribution is -2.33. The summed E-state index contributed by atoms with van der Waals surface area (Å²) in [7, 11) is 0. The zero-order valence-electron chi connectivity index (χ0n) is 11.3. The first kappa shape index (κ1) is 15.7. The molecule has 0 aromatic carbocycles. The summed E-state index contributed by atoms with van der Waals surface area (Å²) in [5.41, 5.74) is -0.526. The standard InChI is InChI=1S/C12H23NO4/c1-9(2)8-16-10(14)6-7-13-11(15)17-12(3,4)5/h9H,6-8H2,1-5H3,(H,13,15). The van der Waals surface area contributed by atoms with Crippen LogP contribution < -0.4 is 5.32 Å². The van der Waals surface area contributed by atoms with Crippen molar-refractivity contribution in [2.75, 3.05) is 13.2 Å². The van der Waals surface area contributed by atoms with Crippen molar-refractivity contribution in [1.29, 1.82) is 0 Å². The number of carbonyl (C=O) groups excluding carboxylic acids is 2. The van der Waals surface area contributed by atoms with Crippen molar-refractivity contribution in [2.45, 2.75) is 46.6 Å². The Balaban J connectivity index is 3.63. The van der Waals surface area contributed by atoms with Gasteiger partial charge in [0.1, 0.15) is 5.60 Å². The molecule has 0 saturated carbocycles. The Morgan fingerprint density at radius 3 is 2.29 bits per heavy atom. The zero-order chi connectivity index (χ0) is 13.5. The van der Waals surface area contributed by atoms with Crippen LogP contribution in [0.4, 0.5) is 4.79 Å². The van der Waals surface area contributed by atoms with Crippen molar-refractivity contribution in [3.05, 3.63) is 0 Å². The third-order valence-electron chi connectivity index (χ3n) is 1.57. The second-order valence-corrected chi connectivity index (χ2v) is 5.26. The Morgan fingerprint density at radius 1 is 1.24 bits per heavy atom. The molecule has 5 heteroatoms. The van der Waals surface area contributed by atoms with Crippen LogP contribution in [-0.2, 0) is 14.3 Å². The number of hydrogen-bond acceptors (Lipinski definition) is 4. The average Bonchev–Trinajstić information content (AvgIpc) is 2.11. The van der Waals surface area contributed by atoms with Crippen LogP contribution >= 0.6 is 0 Å². The zero-order valence-corrected chi connectivity index (χ0v) is 11.3. The average molecular weight is 245 g/mol. The van der Waals surface area contributed by atoms with Crippen molar-refractivity contribution in [1.82, 2.24) is 5.32 Å². The maximum absolute atomic E-state index is 11.2. The summed E-state index contributed by atoms with van der Waals surface area (Å²) in [6, 6.07) is 0. The smallest absolute Gasteiger partial charge is 0.407 e. The number of esters is 1. The molecule has 0 aromatic heterocycles. The van der Waals surface area contributed by atoms with Gasteiger partial charge in [-0.05, 0) is 26.7 Å². The quantitative estimate of drug-likeness (QED) is 0.753. The van der Waals surface area contributed by atoms with Crippen LogP contribution in [0.2, 0.25) is 0 Å². The summed E-state index contributed by atoms with van der Waals surface area (Å²) in [6.07, 6.45) is -0.361. The van der Waals surface area contributed by atoms with E-state index >= 15 is 0 Å². The van der Waals surface area contributed by atoms with Gasteiger partial charge in [0.25, 0.3) is 0 Å². The monoisotopic (exact) mass is 245 g/mol. The van der Waals surface area contributed by atoms with E-state index in [0.717, 1.165) is 0 Å². The molecule has 17 heavy (non-hydrogen) atoms. The third-order valence-corrected chi connectivity index (χ3v) is 1.57. The predicted molar refractivity (Wildman–Crippen MR) is 64.7 cm³/mol. The molecule has 0 atom stereocenters. The lowest BCUT2D eigenvalue weighted by atomic mass is 10.2. The van der Waals surface area contributed by atoms with Gasteiger partial charge in [-0.1, -0.05) is 13.8 Å². The van der Waals surface area contributed by atoms with Crippen LogP contribution in [0, 0.1) is 5.92 Å². The minimum atomic E-state index is -0.526. The van der Waals surface area contributed by atoms with E-state index < -0.39 is 11.7 Å². The predicted octanol–water partition coefficient (Wildman–Crippen LogP) is 2.10. The summed E-state index contributed by atoms with van der Waals surface area (Å²) in [5.74, 6) is 0.00697. The van der Waals surface area contributed by atoms with E-state index in [-0.39, 0.29) is 18.9 Å². The number of ether oxygens (including phenoxy) is 2. The van der Waals surface area contributed by atoms with E-state index in [4.69, 9.17) is 9.47 Å². The van der Waals surface area contributed by atoms with Crippen molar-refractivity contribution < 1.29 is 19.1 Å². The molecule has 0 spiro atoms. The highest BCUT2D eigenvalue weighted by Crippen LogP contribution is 2.06. The highest BCUT2D eigenvalue weighted by Gasteiger charge is 2.15. The van der Waals surface area contributed by atoms with Crippen LogP contribution in [0.3, 0.4) is 0 Å². The summed E-state index contributed by atoms with van der Waals surface area (Å²) in [6.45, 7) is 9.91. The SMILES string of the molecule is CC(C)COC(=O)CCNC(=O)OC(C)(C)C. The summed E-state index contributed by atoms with van der Waals surface area (Å²) < 4.78 is 9.97. The maximum Gasteiger partial charge on any atom is 0.407 e. The Hall–Kier alpha value is -1.26. The molecule has 0 fully saturated rings. The van der Waals surface area contributed by atoms with Crippen LogP contribution in [0.1, 0.15) is 41.0 Å². The number of alkyl carbamates (subject to hydrolysis) is 1. The molecule has 0 radical (unpaired) electrons. The largest absolute Gasteiger partial charge is 0.465 e. The topological polar surface area (TPSA) is 64.6 Å². The lowest BCUT2D eigenvalue weighted by molar-refractivity contribution is -0.144. The number of nitrogens with one attached hydrogen (secondary N) is 1. The van der Waals surface area contributed by atoms with E-state index in [9.17, 15) is 9.59 Å². The Labute approximate surface area is 103 Å². The molecule has 0 aliphatic heterocycles. The van der Waals surface area contributed by atoms with E-state index in [2.05, 4.69) is 5.32 Å². The van der Waals surface area contributed by atoms with Gasteiger partial charge >= 0.3 is 12.1 Å². The number of amides is 1. The molecule has 100 valence electrons. The molecular weight excluding hydrogens is 222 g/mol. The number of hydrogen-bond donors (Lipinski definition) is 1.